The van der Waals surface area contributed by atoms with Gasteiger partial charge in [-0.15, -0.1) is 23.7 Å². The van der Waals surface area contributed by atoms with Gasteiger partial charge in [0.1, 0.15) is 10.6 Å². The Balaban J connectivity index is 0.00000304. The number of thiophene rings is 1. The fourth-order valence-electron chi connectivity index (χ4n) is 5.07. The van der Waals surface area contributed by atoms with E-state index in [9.17, 15) is 9.59 Å². The van der Waals surface area contributed by atoms with Crippen molar-refractivity contribution in [2.75, 3.05) is 45.7 Å². The van der Waals surface area contributed by atoms with Gasteiger partial charge in [-0.05, 0) is 45.0 Å². The molecule has 1 aromatic carbocycles. The van der Waals surface area contributed by atoms with E-state index in [0.717, 1.165) is 41.8 Å². The normalized spacial score (nSPS) is 17.1. The molecule has 0 bridgehead atoms. The van der Waals surface area contributed by atoms with E-state index in [-0.39, 0.29) is 24.2 Å². The lowest BCUT2D eigenvalue weighted by Gasteiger charge is -2.32. The van der Waals surface area contributed by atoms with Crippen molar-refractivity contribution < 1.29 is 14.3 Å². The zero-order chi connectivity index (χ0) is 24.5. The van der Waals surface area contributed by atoms with Gasteiger partial charge in [-0.25, -0.2) is 0 Å². The zero-order valence-electron chi connectivity index (χ0n) is 21.1. The quantitative estimate of drug-likeness (QED) is 0.502. The topological polar surface area (TPSA) is 79.7 Å². The molecule has 2 aromatic heterocycles. The number of benzene rings is 1. The SMILES string of the molecule is COc1cc(NC(=O)c2cc3c(C)nn(C4CCCCC4)c3s2)ccc1C(=O)N1CCN(C)CC1.Cl. The highest BCUT2D eigenvalue weighted by Crippen LogP contribution is 2.36. The molecule has 0 spiro atoms. The van der Waals surface area contributed by atoms with Crippen molar-refractivity contribution in [3.05, 3.63) is 40.4 Å². The van der Waals surface area contributed by atoms with Gasteiger partial charge in [0.15, 0.2) is 0 Å². The number of likely N-dealkylation sites (N-methyl/N-ethyl adjacent to an activating group) is 1. The highest BCUT2D eigenvalue weighted by atomic mass is 35.5. The molecule has 2 amide bonds. The fourth-order valence-corrected chi connectivity index (χ4v) is 6.20. The number of amides is 2. The second kappa shape index (κ2) is 11.2. The van der Waals surface area contributed by atoms with Crippen LogP contribution in [0.2, 0.25) is 0 Å². The number of aromatic nitrogens is 2. The number of anilines is 1. The Morgan fingerprint density at radius 1 is 1.08 bits per heavy atom. The molecule has 1 saturated carbocycles. The summed E-state index contributed by atoms with van der Waals surface area (Å²) in [5, 5.41) is 8.83. The molecule has 0 atom stereocenters. The third-order valence-electron chi connectivity index (χ3n) is 7.19. The molecule has 5 rings (SSSR count). The zero-order valence-corrected chi connectivity index (χ0v) is 22.7. The van der Waals surface area contributed by atoms with Crippen LogP contribution in [0.5, 0.6) is 5.75 Å². The predicted octanol–water partition coefficient (Wildman–Crippen LogP) is 4.98. The van der Waals surface area contributed by atoms with E-state index >= 15 is 0 Å². The molecule has 2 fully saturated rings. The molecule has 0 radical (unpaired) electrons. The van der Waals surface area contributed by atoms with Crippen LogP contribution in [0, 0.1) is 6.92 Å². The first-order valence-electron chi connectivity index (χ1n) is 12.4. The number of hydrogen-bond acceptors (Lipinski definition) is 6. The number of nitrogens with one attached hydrogen (secondary N) is 1. The maximum Gasteiger partial charge on any atom is 0.265 e. The summed E-state index contributed by atoms with van der Waals surface area (Å²) in [7, 11) is 3.61. The second-order valence-corrected chi connectivity index (χ2v) is 10.6. The van der Waals surface area contributed by atoms with Gasteiger partial charge in [-0.1, -0.05) is 19.3 Å². The van der Waals surface area contributed by atoms with Crippen molar-refractivity contribution >= 4 is 51.5 Å². The van der Waals surface area contributed by atoms with Crippen LogP contribution in [0.25, 0.3) is 10.2 Å². The first kappa shape index (κ1) is 26.4. The molecule has 1 aliphatic heterocycles. The lowest BCUT2D eigenvalue weighted by Crippen LogP contribution is -2.47. The molecule has 1 N–H and O–H groups in total. The summed E-state index contributed by atoms with van der Waals surface area (Å²) in [6, 6.07) is 7.60. The van der Waals surface area contributed by atoms with Crippen LogP contribution in [0.15, 0.2) is 24.3 Å². The minimum Gasteiger partial charge on any atom is -0.496 e. The molecule has 10 heteroatoms. The van der Waals surface area contributed by atoms with Crippen LogP contribution in [0.1, 0.15) is 63.9 Å². The smallest absolute Gasteiger partial charge is 0.265 e. The van der Waals surface area contributed by atoms with Gasteiger partial charge >= 0.3 is 0 Å². The first-order chi connectivity index (χ1) is 16.9. The van der Waals surface area contributed by atoms with Gasteiger partial charge < -0.3 is 19.9 Å². The number of rotatable bonds is 5. The van der Waals surface area contributed by atoms with Crippen molar-refractivity contribution in [2.45, 2.75) is 45.1 Å². The van der Waals surface area contributed by atoms with Crippen LogP contribution in [0.3, 0.4) is 0 Å². The average Bonchev–Trinajstić information content (AvgIpc) is 3.45. The standard InChI is InChI=1S/C26H33N5O3S.ClH/c1-17-21-16-23(35-26(21)31(28-17)19-7-5-4-6-8-19)24(32)27-18-9-10-20(22(15-18)34-3)25(33)30-13-11-29(2)12-14-30;/h9-10,15-16,19H,4-8,11-14H2,1-3H3,(H,27,32);1H. The molecule has 1 aliphatic carbocycles. The van der Waals surface area contributed by atoms with E-state index in [2.05, 4.69) is 21.9 Å². The Morgan fingerprint density at radius 3 is 2.50 bits per heavy atom. The Morgan fingerprint density at radius 2 is 1.81 bits per heavy atom. The van der Waals surface area contributed by atoms with Crippen LogP contribution in [0.4, 0.5) is 5.69 Å². The Hall–Kier alpha value is -2.62. The van der Waals surface area contributed by atoms with Gasteiger partial charge in [0.25, 0.3) is 11.8 Å². The van der Waals surface area contributed by atoms with Gasteiger partial charge in [0.05, 0.1) is 29.3 Å². The maximum atomic E-state index is 13.1. The van der Waals surface area contributed by atoms with Crippen molar-refractivity contribution in [2.24, 2.45) is 0 Å². The van der Waals surface area contributed by atoms with Crippen LogP contribution in [-0.4, -0.2) is 71.7 Å². The van der Waals surface area contributed by atoms with Crippen molar-refractivity contribution in [3.8, 4) is 5.75 Å². The number of halogens is 1. The summed E-state index contributed by atoms with van der Waals surface area (Å²) in [6.45, 7) is 5.11. The van der Waals surface area contributed by atoms with E-state index in [1.54, 1.807) is 25.3 Å². The molecule has 0 unspecified atom stereocenters. The number of fused-ring (bicyclic) bond motifs is 1. The molecule has 8 nitrogen and oxygen atoms in total. The number of carbonyl (C=O) groups excluding carboxylic acids is 2. The van der Waals surface area contributed by atoms with E-state index in [1.165, 1.54) is 30.6 Å². The minimum atomic E-state index is -0.166. The molecule has 3 heterocycles. The van der Waals surface area contributed by atoms with E-state index in [1.807, 2.05) is 17.9 Å². The molecule has 3 aromatic rings. The van der Waals surface area contributed by atoms with E-state index < -0.39 is 0 Å². The highest BCUT2D eigenvalue weighted by Gasteiger charge is 2.25. The molecule has 36 heavy (non-hydrogen) atoms. The average molecular weight is 532 g/mol. The van der Waals surface area contributed by atoms with Crippen molar-refractivity contribution in [1.82, 2.24) is 19.6 Å². The number of ether oxygens (including phenoxy) is 1. The maximum absolute atomic E-state index is 13.1. The highest BCUT2D eigenvalue weighted by molar-refractivity contribution is 7.20. The number of nitrogens with zero attached hydrogens (tertiary/aromatic N) is 4. The van der Waals surface area contributed by atoms with Gasteiger partial charge in [-0.3, -0.25) is 14.3 Å². The third-order valence-corrected chi connectivity index (χ3v) is 8.32. The number of piperazine rings is 1. The first-order valence-corrected chi connectivity index (χ1v) is 13.2. The lowest BCUT2D eigenvalue weighted by molar-refractivity contribution is 0.0661. The summed E-state index contributed by atoms with van der Waals surface area (Å²) in [5.41, 5.74) is 2.08. The lowest BCUT2D eigenvalue weighted by atomic mass is 9.96. The Kier molecular flexibility index (Phi) is 8.22. The summed E-state index contributed by atoms with van der Waals surface area (Å²) in [4.78, 5) is 32.0. The number of carbonyl (C=O) groups is 2. The van der Waals surface area contributed by atoms with Gasteiger partial charge in [0.2, 0.25) is 0 Å². The summed E-state index contributed by atoms with van der Waals surface area (Å²) in [6.07, 6.45) is 6.06. The monoisotopic (exact) mass is 531 g/mol. The van der Waals surface area contributed by atoms with E-state index in [4.69, 9.17) is 9.84 Å². The Labute approximate surface area is 222 Å². The van der Waals surface area contributed by atoms with Crippen LogP contribution < -0.4 is 10.1 Å². The second-order valence-electron chi connectivity index (χ2n) is 9.62. The van der Waals surface area contributed by atoms with Crippen molar-refractivity contribution in [1.29, 1.82) is 0 Å². The fraction of sp³-hybridized carbons (Fsp3) is 0.500. The Bertz CT molecular complexity index is 1240. The molecule has 1 saturated heterocycles. The van der Waals surface area contributed by atoms with Crippen molar-refractivity contribution in [3.63, 3.8) is 0 Å². The van der Waals surface area contributed by atoms with E-state index in [0.29, 0.717) is 41.0 Å². The van der Waals surface area contributed by atoms with Gasteiger partial charge in [0, 0.05) is 43.3 Å². The number of aryl methyl sites for hydroxylation is 1. The van der Waals surface area contributed by atoms with Crippen LogP contribution in [-0.2, 0) is 0 Å². The number of methoxy groups -OCH3 is 1. The summed E-state index contributed by atoms with van der Waals surface area (Å²) in [5.74, 6) is 0.257. The summed E-state index contributed by atoms with van der Waals surface area (Å²) < 4.78 is 7.67. The molecule has 194 valence electrons. The third kappa shape index (κ3) is 5.23. The van der Waals surface area contributed by atoms with Crippen LogP contribution >= 0.6 is 23.7 Å². The summed E-state index contributed by atoms with van der Waals surface area (Å²) >= 11 is 1.50. The number of hydrogen-bond donors (Lipinski definition) is 1. The molecular formula is C26H34ClN5O3S. The predicted molar refractivity (Wildman–Crippen MR) is 146 cm³/mol. The minimum absolute atomic E-state index is 0. The largest absolute Gasteiger partial charge is 0.496 e. The molecule has 2 aliphatic rings. The molecular weight excluding hydrogens is 498 g/mol. The van der Waals surface area contributed by atoms with Gasteiger partial charge in [-0.2, -0.15) is 5.10 Å².